The molecule has 1 aliphatic carbocycles. The molecule has 0 saturated carbocycles. The molecule has 1 amide bonds. The standard InChI is InChI=1S/C14H12N2O2S/c17-12-8-10(7-9-3-1-2-4-11(9)12)13(18)16-14-15-5-6-19-14/h1-6,10H,7-8H2,(H,15,16,18). The van der Waals surface area contributed by atoms with Gasteiger partial charge in [0.15, 0.2) is 10.9 Å². The number of rotatable bonds is 2. The Kier molecular flexibility index (Phi) is 3.13. The van der Waals surface area contributed by atoms with Gasteiger partial charge in [0.25, 0.3) is 0 Å². The summed E-state index contributed by atoms with van der Waals surface area (Å²) in [5.41, 5.74) is 1.71. The van der Waals surface area contributed by atoms with Gasteiger partial charge in [-0.15, -0.1) is 11.3 Å². The van der Waals surface area contributed by atoms with Crippen molar-refractivity contribution >= 4 is 28.2 Å². The van der Waals surface area contributed by atoms with E-state index in [0.29, 0.717) is 11.6 Å². The lowest BCUT2D eigenvalue weighted by atomic mass is 9.82. The number of nitrogens with one attached hydrogen (secondary N) is 1. The van der Waals surface area contributed by atoms with Crippen LogP contribution >= 0.6 is 11.3 Å². The largest absolute Gasteiger partial charge is 0.302 e. The zero-order valence-corrected chi connectivity index (χ0v) is 10.9. The minimum Gasteiger partial charge on any atom is -0.302 e. The van der Waals surface area contributed by atoms with Crippen molar-refractivity contribution in [3.8, 4) is 0 Å². The molecule has 3 rings (SSSR count). The Hall–Kier alpha value is -2.01. The van der Waals surface area contributed by atoms with Crippen LogP contribution in [0.25, 0.3) is 0 Å². The zero-order valence-electron chi connectivity index (χ0n) is 10.1. The van der Waals surface area contributed by atoms with Crippen molar-refractivity contribution in [1.29, 1.82) is 0 Å². The normalized spacial score (nSPS) is 17.9. The minimum absolute atomic E-state index is 0.0427. The fourth-order valence-electron chi connectivity index (χ4n) is 2.32. The highest BCUT2D eigenvalue weighted by atomic mass is 32.1. The first-order valence-electron chi connectivity index (χ1n) is 6.05. The van der Waals surface area contributed by atoms with E-state index >= 15 is 0 Å². The molecule has 1 aromatic carbocycles. The van der Waals surface area contributed by atoms with Crippen LogP contribution in [-0.2, 0) is 11.2 Å². The highest BCUT2D eigenvalue weighted by Gasteiger charge is 2.29. The molecular formula is C14H12N2O2S. The first-order valence-corrected chi connectivity index (χ1v) is 6.93. The molecule has 1 aliphatic rings. The predicted octanol–water partition coefficient (Wildman–Crippen LogP) is 2.53. The van der Waals surface area contributed by atoms with Crippen molar-refractivity contribution in [3.63, 3.8) is 0 Å². The Labute approximate surface area is 114 Å². The van der Waals surface area contributed by atoms with E-state index in [1.165, 1.54) is 11.3 Å². The molecule has 1 N–H and O–H groups in total. The van der Waals surface area contributed by atoms with Crippen LogP contribution in [-0.4, -0.2) is 16.7 Å². The smallest absolute Gasteiger partial charge is 0.230 e. The number of hydrogen-bond donors (Lipinski definition) is 1. The number of fused-ring (bicyclic) bond motifs is 1. The number of carbonyl (C=O) groups excluding carboxylic acids is 2. The molecule has 0 bridgehead atoms. The van der Waals surface area contributed by atoms with Crippen molar-refractivity contribution in [2.45, 2.75) is 12.8 Å². The van der Waals surface area contributed by atoms with Gasteiger partial charge in [-0.2, -0.15) is 0 Å². The maximum atomic E-state index is 12.1. The number of nitrogens with zero attached hydrogens (tertiary/aromatic N) is 1. The SMILES string of the molecule is O=C1CC(C(=O)Nc2nccs2)Cc2ccccc21. The Morgan fingerprint density at radius 2 is 2.16 bits per heavy atom. The van der Waals surface area contributed by atoms with Gasteiger partial charge in [0.2, 0.25) is 5.91 Å². The Morgan fingerprint density at radius 3 is 2.95 bits per heavy atom. The first kappa shape index (κ1) is 12.0. The summed E-state index contributed by atoms with van der Waals surface area (Å²) >= 11 is 1.37. The fraction of sp³-hybridized carbons (Fsp3) is 0.214. The summed E-state index contributed by atoms with van der Waals surface area (Å²) in [5.74, 6) is -0.384. The summed E-state index contributed by atoms with van der Waals surface area (Å²) in [4.78, 5) is 28.1. The van der Waals surface area contributed by atoms with E-state index in [2.05, 4.69) is 10.3 Å². The highest BCUT2D eigenvalue weighted by Crippen LogP contribution is 2.26. The average molecular weight is 272 g/mol. The zero-order chi connectivity index (χ0) is 13.2. The molecule has 5 heteroatoms. The summed E-state index contributed by atoms with van der Waals surface area (Å²) in [6.07, 6.45) is 2.52. The highest BCUT2D eigenvalue weighted by molar-refractivity contribution is 7.13. The molecule has 1 atom stereocenters. The van der Waals surface area contributed by atoms with Gasteiger partial charge in [0.05, 0.1) is 0 Å². The number of anilines is 1. The number of aromatic nitrogens is 1. The topological polar surface area (TPSA) is 59.1 Å². The molecular weight excluding hydrogens is 260 g/mol. The average Bonchev–Trinajstić information content (AvgIpc) is 2.91. The predicted molar refractivity (Wildman–Crippen MR) is 73.3 cm³/mol. The maximum absolute atomic E-state index is 12.1. The van der Waals surface area contributed by atoms with Gasteiger partial charge >= 0.3 is 0 Å². The van der Waals surface area contributed by atoms with Crippen molar-refractivity contribution in [1.82, 2.24) is 4.98 Å². The third kappa shape index (κ3) is 2.42. The van der Waals surface area contributed by atoms with Gasteiger partial charge in [-0.25, -0.2) is 4.98 Å². The number of carbonyl (C=O) groups is 2. The molecule has 0 aliphatic heterocycles. The van der Waals surface area contributed by atoms with Gasteiger partial charge in [0.1, 0.15) is 0 Å². The van der Waals surface area contributed by atoms with E-state index in [1.807, 2.05) is 24.3 Å². The molecule has 96 valence electrons. The van der Waals surface area contributed by atoms with Crippen molar-refractivity contribution < 1.29 is 9.59 Å². The quantitative estimate of drug-likeness (QED) is 0.914. The van der Waals surface area contributed by atoms with Crippen LogP contribution in [0.2, 0.25) is 0 Å². The van der Waals surface area contributed by atoms with E-state index in [4.69, 9.17) is 0 Å². The molecule has 1 aromatic heterocycles. The summed E-state index contributed by atoms with van der Waals surface area (Å²) in [7, 11) is 0. The third-order valence-corrected chi connectivity index (χ3v) is 3.94. The first-order chi connectivity index (χ1) is 9.24. The summed E-state index contributed by atoms with van der Waals surface area (Å²) in [5, 5.41) is 5.14. The number of benzene rings is 1. The Bertz CT molecular complexity index is 622. The van der Waals surface area contributed by atoms with Crippen LogP contribution < -0.4 is 5.32 Å². The second-order valence-corrected chi connectivity index (χ2v) is 5.41. The summed E-state index contributed by atoms with van der Waals surface area (Å²) < 4.78 is 0. The van der Waals surface area contributed by atoms with Crippen molar-refractivity contribution in [3.05, 3.63) is 47.0 Å². The van der Waals surface area contributed by atoms with Crippen LogP contribution in [0.5, 0.6) is 0 Å². The fourth-order valence-corrected chi connectivity index (χ4v) is 2.85. The Morgan fingerprint density at radius 1 is 1.32 bits per heavy atom. The van der Waals surface area contributed by atoms with Gasteiger partial charge < -0.3 is 5.32 Å². The molecule has 0 radical (unpaired) electrons. The molecule has 0 fully saturated rings. The molecule has 1 heterocycles. The summed E-state index contributed by atoms with van der Waals surface area (Å²) in [6, 6.07) is 7.49. The monoisotopic (exact) mass is 272 g/mol. The van der Waals surface area contributed by atoms with Crippen LogP contribution in [0.4, 0.5) is 5.13 Å². The number of hydrogen-bond acceptors (Lipinski definition) is 4. The maximum Gasteiger partial charge on any atom is 0.230 e. The summed E-state index contributed by atoms with van der Waals surface area (Å²) in [6.45, 7) is 0. The molecule has 19 heavy (non-hydrogen) atoms. The van der Waals surface area contributed by atoms with Crippen LogP contribution in [0.1, 0.15) is 22.3 Å². The van der Waals surface area contributed by atoms with Crippen molar-refractivity contribution in [2.75, 3.05) is 5.32 Å². The molecule has 4 nitrogen and oxygen atoms in total. The second-order valence-electron chi connectivity index (χ2n) is 4.51. The third-order valence-electron chi connectivity index (χ3n) is 3.25. The van der Waals surface area contributed by atoms with E-state index in [1.54, 1.807) is 11.6 Å². The molecule has 0 spiro atoms. The lowest BCUT2D eigenvalue weighted by molar-refractivity contribution is -0.119. The number of Topliss-reactive ketones (excluding diaryl/α,β-unsaturated/α-hetero) is 1. The van der Waals surface area contributed by atoms with E-state index in [-0.39, 0.29) is 24.0 Å². The number of ketones is 1. The van der Waals surface area contributed by atoms with Gasteiger partial charge in [-0.1, -0.05) is 24.3 Å². The van der Waals surface area contributed by atoms with Crippen LogP contribution in [0.15, 0.2) is 35.8 Å². The molecule has 0 saturated heterocycles. The van der Waals surface area contributed by atoms with E-state index in [9.17, 15) is 9.59 Å². The second kappa shape index (κ2) is 4.93. The van der Waals surface area contributed by atoms with Gasteiger partial charge in [-0.05, 0) is 12.0 Å². The van der Waals surface area contributed by atoms with Crippen LogP contribution in [0.3, 0.4) is 0 Å². The Balaban J connectivity index is 1.78. The van der Waals surface area contributed by atoms with Gasteiger partial charge in [-0.3, -0.25) is 9.59 Å². The number of thiazole rings is 1. The molecule has 2 aromatic rings. The van der Waals surface area contributed by atoms with Gasteiger partial charge in [0, 0.05) is 29.5 Å². The van der Waals surface area contributed by atoms with E-state index in [0.717, 1.165) is 11.1 Å². The minimum atomic E-state index is -0.300. The number of amides is 1. The van der Waals surface area contributed by atoms with Crippen molar-refractivity contribution in [2.24, 2.45) is 5.92 Å². The van der Waals surface area contributed by atoms with E-state index < -0.39 is 0 Å². The van der Waals surface area contributed by atoms with Crippen LogP contribution in [0, 0.1) is 5.92 Å². The lowest BCUT2D eigenvalue weighted by Crippen LogP contribution is -2.30. The molecule has 1 unspecified atom stereocenters. The lowest BCUT2D eigenvalue weighted by Gasteiger charge is -2.22.